The van der Waals surface area contributed by atoms with E-state index in [0.29, 0.717) is 5.56 Å². The van der Waals surface area contributed by atoms with Crippen molar-refractivity contribution in [2.75, 3.05) is 13.1 Å². The number of rotatable bonds is 2. The van der Waals surface area contributed by atoms with Crippen molar-refractivity contribution >= 4 is 21.8 Å². The van der Waals surface area contributed by atoms with Gasteiger partial charge in [-0.05, 0) is 40.5 Å². The first kappa shape index (κ1) is 10.6. The van der Waals surface area contributed by atoms with Gasteiger partial charge in [-0.1, -0.05) is 6.07 Å². The molecule has 1 heterocycles. The third kappa shape index (κ3) is 2.38. The van der Waals surface area contributed by atoms with Crippen molar-refractivity contribution in [2.45, 2.75) is 13.0 Å². The van der Waals surface area contributed by atoms with Crippen LogP contribution in [0.2, 0.25) is 0 Å². The number of benzene rings is 1. The number of nitrogens with one attached hydrogen (secondary N) is 2. The second-order valence-corrected chi connectivity index (χ2v) is 4.67. The topological polar surface area (TPSA) is 41.1 Å². The van der Waals surface area contributed by atoms with E-state index in [4.69, 9.17) is 0 Å². The minimum absolute atomic E-state index is 0.00613. The summed E-state index contributed by atoms with van der Waals surface area (Å²) in [5, 5.41) is 6.08. The molecule has 0 radical (unpaired) electrons. The van der Waals surface area contributed by atoms with Crippen LogP contribution in [-0.2, 0) is 0 Å². The minimum atomic E-state index is -0.00613. The predicted octanol–water partition coefficient (Wildman–Crippen LogP) is 1.46. The van der Waals surface area contributed by atoms with Crippen LogP contribution in [-0.4, -0.2) is 25.0 Å². The molecule has 3 nitrogen and oxygen atoms in total. The zero-order valence-corrected chi connectivity index (χ0v) is 10.1. The summed E-state index contributed by atoms with van der Waals surface area (Å²) in [7, 11) is 0. The standard InChI is InChI=1S/C11H13BrN2O/c1-7-2-3-9(10(12)4-7)11(15)14-8-5-13-6-8/h2-4,8,13H,5-6H2,1H3,(H,14,15). The summed E-state index contributed by atoms with van der Waals surface area (Å²) in [5.41, 5.74) is 1.84. The van der Waals surface area contributed by atoms with Crippen molar-refractivity contribution in [2.24, 2.45) is 0 Å². The zero-order valence-electron chi connectivity index (χ0n) is 8.51. The van der Waals surface area contributed by atoms with E-state index in [1.807, 2.05) is 25.1 Å². The molecule has 2 rings (SSSR count). The van der Waals surface area contributed by atoms with Gasteiger partial charge in [-0.3, -0.25) is 4.79 Å². The van der Waals surface area contributed by atoms with Crippen LogP contribution in [0.3, 0.4) is 0 Å². The van der Waals surface area contributed by atoms with Crippen molar-refractivity contribution in [1.82, 2.24) is 10.6 Å². The third-order valence-corrected chi connectivity index (χ3v) is 3.14. The number of carbonyl (C=O) groups excluding carboxylic acids is 1. The molecule has 1 amide bonds. The first-order chi connectivity index (χ1) is 7.16. The quantitative estimate of drug-likeness (QED) is 0.853. The maximum atomic E-state index is 11.8. The molecule has 1 aromatic rings. The second-order valence-electron chi connectivity index (χ2n) is 3.81. The van der Waals surface area contributed by atoms with E-state index in [-0.39, 0.29) is 11.9 Å². The van der Waals surface area contributed by atoms with Crippen LogP contribution in [0.15, 0.2) is 22.7 Å². The Balaban J connectivity index is 2.10. The van der Waals surface area contributed by atoms with E-state index >= 15 is 0 Å². The van der Waals surface area contributed by atoms with Gasteiger partial charge in [0.1, 0.15) is 0 Å². The summed E-state index contributed by atoms with van der Waals surface area (Å²) in [6.07, 6.45) is 0. The number of carbonyl (C=O) groups is 1. The van der Waals surface area contributed by atoms with E-state index < -0.39 is 0 Å². The lowest BCUT2D eigenvalue weighted by Crippen LogP contribution is -2.56. The molecule has 0 atom stereocenters. The van der Waals surface area contributed by atoms with Crippen LogP contribution >= 0.6 is 15.9 Å². The molecule has 2 N–H and O–H groups in total. The molecular weight excluding hydrogens is 256 g/mol. The highest BCUT2D eigenvalue weighted by molar-refractivity contribution is 9.10. The first-order valence-corrected chi connectivity index (χ1v) is 5.74. The average molecular weight is 269 g/mol. The van der Waals surface area contributed by atoms with Crippen LogP contribution < -0.4 is 10.6 Å². The Morgan fingerprint density at radius 3 is 2.80 bits per heavy atom. The molecule has 0 bridgehead atoms. The number of hydrogen-bond donors (Lipinski definition) is 2. The summed E-state index contributed by atoms with van der Waals surface area (Å²) in [5.74, 6) is -0.00613. The highest BCUT2D eigenvalue weighted by Crippen LogP contribution is 2.18. The van der Waals surface area contributed by atoms with Crippen molar-refractivity contribution in [1.29, 1.82) is 0 Å². The van der Waals surface area contributed by atoms with E-state index in [1.54, 1.807) is 0 Å². The van der Waals surface area contributed by atoms with Gasteiger partial charge in [0.15, 0.2) is 0 Å². The highest BCUT2D eigenvalue weighted by atomic mass is 79.9. The summed E-state index contributed by atoms with van der Waals surface area (Å²) in [4.78, 5) is 11.8. The lowest BCUT2D eigenvalue weighted by Gasteiger charge is -2.28. The zero-order chi connectivity index (χ0) is 10.8. The van der Waals surface area contributed by atoms with Gasteiger partial charge in [-0.2, -0.15) is 0 Å². The van der Waals surface area contributed by atoms with Gasteiger partial charge in [-0.25, -0.2) is 0 Å². The molecule has 1 saturated heterocycles. The molecule has 0 aliphatic carbocycles. The minimum Gasteiger partial charge on any atom is -0.347 e. The molecule has 80 valence electrons. The smallest absolute Gasteiger partial charge is 0.252 e. The molecule has 1 aromatic carbocycles. The molecule has 15 heavy (non-hydrogen) atoms. The predicted molar refractivity (Wildman–Crippen MR) is 63.0 cm³/mol. The third-order valence-electron chi connectivity index (χ3n) is 2.49. The molecule has 0 unspecified atom stereocenters. The average Bonchev–Trinajstić information content (AvgIpc) is 2.11. The van der Waals surface area contributed by atoms with Gasteiger partial charge < -0.3 is 10.6 Å². The molecule has 0 saturated carbocycles. The molecule has 0 aromatic heterocycles. The Kier molecular flexibility index (Phi) is 3.07. The fourth-order valence-electron chi connectivity index (χ4n) is 1.46. The Hall–Kier alpha value is -0.870. The summed E-state index contributed by atoms with van der Waals surface area (Å²) in [6.45, 7) is 3.74. The van der Waals surface area contributed by atoms with E-state index in [0.717, 1.165) is 23.1 Å². The van der Waals surface area contributed by atoms with Crippen molar-refractivity contribution in [3.8, 4) is 0 Å². The molecule has 0 spiro atoms. The lowest BCUT2D eigenvalue weighted by atomic mass is 10.1. The summed E-state index contributed by atoms with van der Waals surface area (Å²) < 4.78 is 0.854. The van der Waals surface area contributed by atoms with Gasteiger partial charge in [-0.15, -0.1) is 0 Å². The highest BCUT2D eigenvalue weighted by Gasteiger charge is 2.20. The monoisotopic (exact) mass is 268 g/mol. The van der Waals surface area contributed by atoms with Crippen molar-refractivity contribution < 1.29 is 4.79 Å². The Labute approximate surface area is 97.4 Å². The Morgan fingerprint density at radius 1 is 1.53 bits per heavy atom. The maximum Gasteiger partial charge on any atom is 0.252 e. The summed E-state index contributed by atoms with van der Waals surface area (Å²) in [6, 6.07) is 6.03. The van der Waals surface area contributed by atoms with Crippen LogP contribution in [0.4, 0.5) is 0 Å². The SMILES string of the molecule is Cc1ccc(C(=O)NC2CNC2)c(Br)c1. The molecule has 4 heteroatoms. The van der Waals surface area contributed by atoms with Crippen LogP contribution in [0.5, 0.6) is 0 Å². The molecule has 1 aliphatic heterocycles. The van der Waals surface area contributed by atoms with E-state index in [2.05, 4.69) is 26.6 Å². The first-order valence-electron chi connectivity index (χ1n) is 4.94. The Morgan fingerprint density at radius 2 is 2.27 bits per heavy atom. The maximum absolute atomic E-state index is 11.8. The fraction of sp³-hybridized carbons (Fsp3) is 0.364. The molecule has 1 fully saturated rings. The normalized spacial score (nSPS) is 15.9. The molecular formula is C11H13BrN2O. The lowest BCUT2D eigenvalue weighted by molar-refractivity contribution is 0.0923. The van der Waals surface area contributed by atoms with E-state index in [9.17, 15) is 4.79 Å². The van der Waals surface area contributed by atoms with Crippen LogP contribution in [0.1, 0.15) is 15.9 Å². The summed E-state index contributed by atoms with van der Waals surface area (Å²) >= 11 is 3.40. The van der Waals surface area contributed by atoms with Crippen LogP contribution in [0.25, 0.3) is 0 Å². The van der Waals surface area contributed by atoms with Gasteiger partial charge in [0.05, 0.1) is 11.6 Å². The number of amides is 1. The molecule has 1 aliphatic rings. The second kappa shape index (κ2) is 4.33. The van der Waals surface area contributed by atoms with Gasteiger partial charge in [0.25, 0.3) is 5.91 Å². The van der Waals surface area contributed by atoms with Crippen LogP contribution in [0, 0.1) is 6.92 Å². The largest absolute Gasteiger partial charge is 0.347 e. The van der Waals surface area contributed by atoms with Gasteiger partial charge >= 0.3 is 0 Å². The van der Waals surface area contributed by atoms with Crippen molar-refractivity contribution in [3.63, 3.8) is 0 Å². The van der Waals surface area contributed by atoms with Gasteiger partial charge in [0, 0.05) is 17.6 Å². The number of halogens is 1. The Bertz CT molecular complexity index is 388. The fourth-order valence-corrected chi connectivity index (χ4v) is 2.13. The van der Waals surface area contributed by atoms with Crippen molar-refractivity contribution in [3.05, 3.63) is 33.8 Å². The number of aryl methyl sites for hydroxylation is 1. The van der Waals surface area contributed by atoms with Gasteiger partial charge in [0.2, 0.25) is 0 Å². The number of hydrogen-bond acceptors (Lipinski definition) is 2. The van der Waals surface area contributed by atoms with E-state index in [1.165, 1.54) is 0 Å².